The molecule has 0 saturated heterocycles. The zero-order valence-corrected chi connectivity index (χ0v) is 11.1. The van der Waals surface area contributed by atoms with E-state index in [0.717, 1.165) is 6.26 Å². The van der Waals surface area contributed by atoms with E-state index in [1.54, 1.807) is 4.68 Å². The molecule has 0 aromatic carbocycles. The lowest BCUT2D eigenvalue weighted by atomic mass is 9.88. The van der Waals surface area contributed by atoms with Crippen molar-refractivity contribution in [1.29, 1.82) is 5.41 Å². The van der Waals surface area contributed by atoms with E-state index in [9.17, 15) is 8.42 Å². The maximum absolute atomic E-state index is 11.2. The summed E-state index contributed by atoms with van der Waals surface area (Å²) < 4.78 is 24.1. The molecule has 1 rings (SSSR count). The largest absolute Gasteiger partial charge is 0.387 e. The van der Waals surface area contributed by atoms with E-state index in [2.05, 4.69) is 5.10 Å². The van der Waals surface area contributed by atoms with Crippen molar-refractivity contribution in [2.75, 3.05) is 6.26 Å². The molecule has 1 aromatic heterocycles. The molecule has 0 aliphatic carbocycles. The van der Waals surface area contributed by atoms with Crippen molar-refractivity contribution in [2.24, 2.45) is 11.1 Å². The van der Waals surface area contributed by atoms with Gasteiger partial charge in [-0.3, -0.25) is 10.1 Å². The van der Waals surface area contributed by atoms with Crippen LogP contribution < -0.4 is 5.73 Å². The fourth-order valence-electron chi connectivity index (χ4n) is 1.19. The van der Waals surface area contributed by atoms with Gasteiger partial charge in [-0.25, -0.2) is 8.42 Å². The van der Waals surface area contributed by atoms with Crippen molar-refractivity contribution in [3.63, 3.8) is 0 Å². The van der Waals surface area contributed by atoms with E-state index in [-0.39, 0.29) is 10.7 Å². The number of nitrogens with one attached hydrogen (secondary N) is 1. The third-order valence-corrected chi connectivity index (χ3v) is 3.80. The molecule has 0 aliphatic heterocycles. The molecule has 3 N–H and O–H groups in total. The molecule has 17 heavy (non-hydrogen) atoms. The molecule has 7 heteroatoms. The van der Waals surface area contributed by atoms with Gasteiger partial charge < -0.3 is 5.73 Å². The number of rotatable bonds is 5. The van der Waals surface area contributed by atoms with Gasteiger partial charge in [-0.05, 0) is 6.42 Å². The van der Waals surface area contributed by atoms with Crippen LogP contribution in [0, 0.1) is 10.8 Å². The highest BCUT2D eigenvalue weighted by Crippen LogP contribution is 2.20. The SMILES string of the molecule is CC(C)(CCn1cc(S(C)(=O)=O)cn1)C(=N)N. The van der Waals surface area contributed by atoms with E-state index in [1.807, 2.05) is 13.8 Å². The zero-order valence-electron chi connectivity index (χ0n) is 10.3. The van der Waals surface area contributed by atoms with E-state index in [4.69, 9.17) is 11.1 Å². The minimum atomic E-state index is -3.20. The number of amidine groups is 1. The smallest absolute Gasteiger partial charge is 0.178 e. The predicted molar refractivity (Wildman–Crippen MR) is 65.6 cm³/mol. The summed E-state index contributed by atoms with van der Waals surface area (Å²) in [7, 11) is -3.20. The monoisotopic (exact) mass is 258 g/mol. The predicted octanol–water partition coefficient (Wildman–Crippen LogP) is 0.639. The Kier molecular flexibility index (Phi) is 3.61. The van der Waals surface area contributed by atoms with Gasteiger partial charge in [0.05, 0.1) is 12.0 Å². The number of aryl methyl sites for hydroxylation is 1. The highest BCUT2D eigenvalue weighted by atomic mass is 32.2. The van der Waals surface area contributed by atoms with Gasteiger partial charge in [0.25, 0.3) is 0 Å². The fraction of sp³-hybridized carbons (Fsp3) is 0.600. The molecule has 0 unspecified atom stereocenters. The lowest BCUT2D eigenvalue weighted by molar-refractivity contribution is 0.411. The van der Waals surface area contributed by atoms with Crippen LogP contribution in [0.2, 0.25) is 0 Å². The Hall–Kier alpha value is -1.37. The van der Waals surface area contributed by atoms with Crippen LogP contribution in [0.25, 0.3) is 0 Å². The Bertz CT molecular complexity index is 516. The first-order valence-electron chi connectivity index (χ1n) is 5.20. The molecule has 0 fully saturated rings. The highest BCUT2D eigenvalue weighted by molar-refractivity contribution is 7.90. The summed E-state index contributed by atoms with van der Waals surface area (Å²) in [6.07, 6.45) is 4.60. The van der Waals surface area contributed by atoms with Crippen LogP contribution in [-0.2, 0) is 16.4 Å². The minimum Gasteiger partial charge on any atom is -0.387 e. The van der Waals surface area contributed by atoms with Crippen LogP contribution in [0.3, 0.4) is 0 Å². The van der Waals surface area contributed by atoms with Crippen LogP contribution >= 0.6 is 0 Å². The molecule has 0 spiro atoms. The van der Waals surface area contributed by atoms with Crippen molar-refractivity contribution >= 4 is 15.7 Å². The van der Waals surface area contributed by atoms with E-state index in [0.29, 0.717) is 13.0 Å². The Morgan fingerprint density at radius 3 is 2.59 bits per heavy atom. The summed E-state index contributed by atoms with van der Waals surface area (Å²) >= 11 is 0. The number of aromatic nitrogens is 2. The first-order chi connectivity index (χ1) is 7.63. The number of nitrogens with two attached hydrogens (primary N) is 1. The molecule has 0 aliphatic rings. The van der Waals surface area contributed by atoms with Crippen molar-refractivity contribution in [3.8, 4) is 0 Å². The normalized spacial score (nSPS) is 12.6. The fourth-order valence-corrected chi connectivity index (χ4v) is 1.74. The second-order valence-corrected chi connectivity index (χ2v) is 6.77. The molecular weight excluding hydrogens is 240 g/mol. The average Bonchev–Trinajstić information content (AvgIpc) is 2.62. The number of hydrogen-bond acceptors (Lipinski definition) is 4. The minimum absolute atomic E-state index is 0.119. The zero-order chi connectivity index (χ0) is 13.3. The Labute approximate surface area is 101 Å². The van der Waals surface area contributed by atoms with E-state index < -0.39 is 15.3 Å². The second-order valence-electron chi connectivity index (χ2n) is 4.76. The van der Waals surface area contributed by atoms with Crippen molar-refractivity contribution in [2.45, 2.75) is 31.7 Å². The van der Waals surface area contributed by atoms with Gasteiger partial charge in [0.1, 0.15) is 4.90 Å². The number of hydrogen-bond donors (Lipinski definition) is 2. The lowest BCUT2D eigenvalue weighted by Gasteiger charge is -2.22. The molecule has 0 saturated carbocycles. The standard InChI is InChI=1S/C10H18N4O2S/c1-10(2,9(11)12)4-5-14-7-8(6-13-14)17(3,15)16/h6-7H,4-5H2,1-3H3,(H3,11,12). The maximum Gasteiger partial charge on any atom is 0.178 e. The van der Waals surface area contributed by atoms with Crippen molar-refractivity contribution < 1.29 is 8.42 Å². The van der Waals surface area contributed by atoms with E-state index in [1.165, 1.54) is 12.4 Å². The topological polar surface area (TPSA) is 102 Å². The van der Waals surface area contributed by atoms with Crippen LogP contribution in [-0.4, -0.2) is 30.3 Å². The van der Waals surface area contributed by atoms with E-state index >= 15 is 0 Å². The second kappa shape index (κ2) is 4.48. The molecule has 0 radical (unpaired) electrons. The average molecular weight is 258 g/mol. The molecule has 0 bridgehead atoms. The highest BCUT2D eigenvalue weighted by Gasteiger charge is 2.21. The molecular formula is C10H18N4O2S. The summed E-state index contributed by atoms with van der Waals surface area (Å²) in [5.74, 6) is 0.119. The van der Waals surface area contributed by atoms with Gasteiger partial charge in [-0.2, -0.15) is 5.10 Å². The van der Waals surface area contributed by atoms with Crippen LogP contribution in [0.4, 0.5) is 0 Å². The van der Waals surface area contributed by atoms with Crippen molar-refractivity contribution in [3.05, 3.63) is 12.4 Å². The Morgan fingerprint density at radius 1 is 1.59 bits per heavy atom. The summed E-state index contributed by atoms with van der Waals surface area (Å²) in [6, 6.07) is 0. The van der Waals surface area contributed by atoms with Gasteiger partial charge in [0.2, 0.25) is 0 Å². The number of sulfone groups is 1. The van der Waals surface area contributed by atoms with Crippen LogP contribution in [0.15, 0.2) is 17.3 Å². The molecule has 0 amide bonds. The van der Waals surface area contributed by atoms with Gasteiger partial charge in [0.15, 0.2) is 9.84 Å². The molecule has 96 valence electrons. The summed E-state index contributed by atoms with van der Waals surface area (Å²) in [5.41, 5.74) is 5.06. The lowest BCUT2D eigenvalue weighted by Crippen LogP contribution is -2.31. The molecule has 1 aromatic rings. The molecule has 0 atom stereocenters. The first kappa shape index (κ1) is 13.7. The third-order valence-electron chi connectivity index (χ3n) is 2.73. The van der Waals surface area contributed by atoms with Gasteiger partial charge in [0, 0.05) is 24.4 Å². The van der Waals surface area contributed by atoms with Gasteiger partial charge in [-0.1, -0.05) is 13.8 Å². The summed E-state index contributed by atoms with van der Waals surface area (Å²) in [5, 5.41) is 11.4. The van der Waals surface area contributed by atoms with Crippen LogP contribution in [0.1, 0.15) is 20.3 Å². The van der Waals surface area contributed by atoms with Gasteiger partial charge >= 0.3 is 0 Å². The van der Waals surface area contributed by atoms with Crippen molar-refractivity contribution in [1.82, 2.24) is 9.78 Å². The maximum atomic E-state index is 11.2. The van der Waals surface area contributed by atoms with Crippen LogP contribution in [0.5, 0.6) is 0 Å². The Balaban J connectivity index is 2.72. The van der Waals surface area contributed by atoms with Gasteiger partial charge in [-0.15, -0.1) is 0 Å². The molecule has 1 heterocycles. The summed E-state index contributed by atoms with van der Waals surface area (Å²) in [6.45, 7) is 4.27. The quantitative estimate of drug-likeness (QED) is 0.597. The molecule has 6 nitrogen and oxygen atoms in total. The number of nitrogens with zero attached hydrogens (tertiary/aromatic N) is 2. The third kappa shape index (κ3) is 3.55. The summed E-state index contributed by atoms with van der Waals surface area (Å²) in [4.78, 5) is 0.207. The first-order valence-corrected chi connectivity index (χ1v) is 7.09. The Morgan fingerprint density at radius 2 is 2.18 bits per heavy atom.